The second-order valence-electron chi connectivity index (χ2n) is 9.13. The SMILES string of the molecule is O=C1N(CC2CC2)CCO[C@@]12CN(Cc1ccc3c(c1)OCO3)C[C@H]2c1cccnc1. The molecule has 0 radical (unpaired) electrons. The zero-order chi connectivity index (χ0) is 20.8. The van der Waals surface area contributed by atoms with Crippen LogP contribution in [-0.2, 0) is 16.1 Å². The van der Waals surface area contributed by atoms with Crippen LogP contribution < -0.4 is 9.47 Å². The van der Waals surface area contributed by atoms with Crippen LogP contribution in [0.1, 0.15) is 29.9 Å². The van der Waals surface area contributed by atoms with Gasteiger partial charge < -0.3 is 19.1 Å². The second-order valence-corrected chi connectivity index (χ2v) is 9.13. The lowest BCUT2D eigenvalue weighted by Crippen LogP contribution is -2.60. The highest BCUT2D eigenvalue weighted by atomic mass is 16.7. The molecule has 3 fully saturated rings. The van der Waals surface area contributed by atoms with Gasteiger partial charge in [-0.15, -0.1) is 0 Å². The number of amides is 1. The molecule has 31 heavy (non-hydrogen) atoms. The molecule has 162 valence electrons. The lowest BCUT2D eigenvalue weighted by atomic mass is 9.83. The van der Waals surface area contributed by atoms with Crippen molar-refractivity contribution in [3.8, 4) is 11.5 Å². The molecule has 1 amide bonds. The standard InChI is InChI=1S/C24H27N3O4/c28-23-24(31-9-8-27(23)13-17-3-4-17)15-26(14-20(24)19-2-1-7-25-11-19)12-18-5-6-21-22(10-18)30-16-29-21/h1-2,5-7,10-11,17,20H,3-4,8-9,12-16H2/t20-,24+/m0/s1. The van der Waals surface area contributed by atoms with Crippen molar-refractivity contribution in [1.29, 1.82) is 0 Å². The van der Waals surface area contributed by atoms with E-state index >= 15 is 0 Å². The molecule has 2 atom stereocenters. The minimum absolute atomic E-state index is 0.0373. The Labute approximate surface area is 181 Å². The summed E-state index contributed by atoms with van der Waals surface area (Å²) in [6, 6.07) is 10.1. The van der Waals surface area contributed by atoms with Crippen LogP contribution in [0, 0.1) is 5.92 Å². The molecule has 7 heteroatoms. The number of fused-ring (bicyclic) bond motifs is 1. The molecule has 0 N–H and O–H groups in total. The number of hydrogen-bond acceptors (Lipinski definition) is 6. The van der Waals surface area contributed by atoms with E-state index in [1.54, 1.807) is 6.20 Å². The first-order chi connectivity index (χ1) is 15.2. The van der Waals surface area contributed by atoms with Gasteiger partial charge in [0.15, 0.2) is 17.1 Å². The number of morpholine rings is 1. The maximum absolute atomic E-state index is 13.8. The summed E-state index contributed by atoms with van der Waals surface area (Å²) in [5.74, 6) is 2.35. The van der Waals surface area contributed by atoms with Crippen molar-refractivity contribution in [1.82, 2.24) is 14.8 Å². The smallest absolute Gasteiger partial charge is 0.256 e. The molecule has 1 spiro atoms. The van der Waals surface area contributed by atoms with Crippen molar-refractivity contribution in [3.63, 3.8) is 0 Å². The Morgan fingerprint density at radius 3 is 2.90 bits per heavy atom. The molecule has 1 saturated carbocycles. The summed E-state index contributed by atoms with van der Waals surface area (Å²) in [7, 11) is 0. The normalized spacial score (nSPS) is 27.9. The third-order valence-corrected chi connectivity index (χ3v) is 6.94. The Morgan fingerprint density at radius 2 is 2.06 bits per heavy atom. The Bertz CT molecular complexity index is 980. The van der Waals surface area contributed by atoms with Crippen LogP contribution in [0.2, 0.25) is 0 Å². The number of hydrogen-bond donors (Lipinski definition) is 0. The van der Waals surface area contributed by atoms with E-state index in [4.69, 9.17) is 14.2 Å². The number of pyridine rings is 1. The molecular weight excluding hydrogens is 394 g/mol. The molecule has 1 aromatic heterocycles. The van der Waals surface area contributed by atoms with Crippen LogP contribution in [0.4, 0.5) is 0 Å². The lowest BCUT2D eigenvalue weighted by molar-refractivity contribution is -0.172. The fraction of sp³-hybridized carbons (Fsp3) is 0.500. The second kappa shape index (κ2) is 7.50. The summed E-state index contributed by atoms with van der Waals surface area (Å²) in [5.41, 5.74) is 1.37. The summed E-state index contributed by atoms with van der Waals surface area (Å²) in [4.78, 5) is 22.5. The van der Waals surface area contributed by atoms with Gasteiger partial charge >= 0.3 is 0 Å². The van der Waals surface area contributed by atoms with Crippen LogP contribution in [-0.4, -0.2) is 65.9 Å². The first-order valence-electron chi connectivity index (χ1n) is 11.2. The van der Waals surface area contributed by atoms with Crippen molar-refractivity contribution in [2.75, 3.05) is 39.6 Å². The highest BCUT2D eigenvalue weighted by Crippen LogP contribution is 2.43. The van der Waals surface area contributed by atoms with Crippen LogP contribution in [0.3, 0.4) is 0 Å². The van der Waals surface area contributed by atoms with Gasteiger partial charge in [-0.25, -0.2) is 0 Å². The highest BCUT2D eigenvalue weighted by molar-refractivity contribution is 5.88. The Kier molecular flexibility index (Phi) is 4.61. The average Bonchev–Trinajstić information content (AvgIpc) is 3.36. The molecule has 2 saturated heterocycles. The highest BCUT2D eigenvalue weighted by Gasteiger charge is 2.57. The predicted octanol–water partition coefficient (Wildman–Crippen LogP) is 2.42. The first-order valence-corrected chi connectivity index (χ1v) is 11.2. The Balaban J connectivity index is 1.29. The Hall–Kier alpha value is -2.64. The van der Waals surface area contributed by atoms with Gasteiger partial charge in [0.05, 0.1) is 6.61 Å². The van der Waals surface area contributed by atoms with E-state index in [2.05, 4.69) is 26.9 Å². The molecule has 1 aromatic carbocycles. The van der Waals surface area contributed by atoms with Gasteiger partial charge in [0.1, 0.15) is 0 Å². The third-order valence-electron chi connectivity index (χ3n) is 6.94. The van der Waals surface area contributed by atoms with Crippen molar-refractivity contribution in [2.24, 2.45) is 5.92 Å². The van der Waals surface area contributed by atoms with Gasteiger partial charge in [0, 0.05) is 51.0 Å². The van der Waals surface area contributed by atoms with E-state index in [0.717, 1.165) is 42.3 Å². The summed E-state index contributed by atoms with van der Waals surface area (Å²) in [5, 5.41) is 0. The topological polar surface area (TPSA) is 64.1 Å². The van der Waals surface area contributed by atoms with Crippen molar-refractivity contribution < 1.29 is 19.0 Å². The molecule has 0 unspecified atom stereocenters. The maximum Gasteiger partial charge on any atom is 0.256 e. The van der Waals surface area contributed by atoms with E-state index in [1.165, 1.54) is 12.8 Å². The van der Waals surface area contributed by atoms with Crippen molar-refractivity contribution in [2.45, 2.75) is 30.9 Å². The zero-order valence-corrected chi connectivity index (χ0v) is 17.5. The molecule has 1 aliphatic carbocycles. The summed E-state index contributed by atoms with van der Waals surface area (Å²) in [6.07, 6.45) is 6.13. The van der Waals surface area contributed by atoms with Crippen LogP contribution in [0.25, 0.3) is 0 Å². The summed E-state index contributed by atoms with van der Waals surface area (Å²) in [6.45, 7) is 4.49. The van der Waals surface area contributed by atoms with Gasteiger partial charge in [-0.3, -0.25) is 14.7 Å². The number of carbonyl (C=O) groups excluding carboxylic acids is 1. The van der Waals surface area contributed by atoms with Gasteiger partial charge in [0.2, 0.25) is 6.79 Å². The first kappa shape index (κ1) is 19.1. The van der Waals surface area contributed by atoms with Gasteiger partial charge in [-0.05, 0) is 48.1 Å². The number of likely N-dealkylation sites (tertiary alicyclic amines) is 1. The van der Waals surface area contributed by atoms with Crippen LogP contribution >= 0.6 is 0 Å². The van der Waals surface area contributed by atoms with Gasteiger partial charge in [0.25, 0.3) is 5.91 Å². The van der Waals surface area contributed by atoms with E-state index in [0.29, 0.717) is 25.6 Å². The average molecular weight is 421 g/mol. The van der Waals surface area contributed by atoms with Gasteiger partial charge in [-0.2, -0.15) is 0 Å². The van der Waals surface area contributed by atoms with Crippen molar-refractivity contribution in [3.05, 3.63) is 53.9 Å². The van der Waals surface area contributed by atoms with E-state index in [1.807, 2.05) is 24.4 Å². The number of aromatic nitrogens is 1. The molecule has 2 aromatic rings. The quantitative estimate of drug-likeness (QED) is 0.739. The van der Waals surface area contributed by atoms with Gasteiger partial charge in [-0.1, -0.05) is 12.1 Å². The monoisotopic (exact) mass is 421 g/mol. The molecule has 4 aliphatic rings. The molecule has 3 aliphatic heterocycles. The molecule has 4 heterocycles. The van der Waals surface area contributed by atoms with E-state index < -0.39 is 5.60 Å². The zero-order valence-electron chi connectivity index (χ0n) is 17.5. The number of carbonyl (C=O) groups is 1. The lowest BCUT2D eigenvalue weighted by Gasteiger charge is -2.42. The third kappa shape index (κ3) is 3.46. The van der Waals surface area contributed by atoms with E-state index in [-0.39, 0.29) is 18.6 Å². The van der Waals surface area contributed by atoms with Crippen LogP contribution in [0.15, 0.2) is 42.7 Å². The molecule has 6 rings (SSSR count). The molecule has 7 nitrogen and oxygen atoms in total. The maximum atomic E-state index is 13.8. The summed E-state index contributed by atoms with van der Waals surface area (Å²) >= 11 is 0. The fourth-order valence-corrected chi connectivity index (χ4v) is 5.21. The molecule has 0 bridgehead atoms. The number of ether oxygens (including phenoxy) is 3. The fourth-order valence-electron chi connectivity index (χ4n) is 5.21. The summed E-state index contributed by atoms with van der Waals surface area (Å²) < 4.78 is 17.4. The largest absolute Gasteiger partial charge is 0.454 e. The van der Waals surface area contributed by atoms with Crippen molar-refractivity contribution >= 4 is 5.91 Å². The Morgan fingerprint density at radius 1 is 1.16 bits per heavy atom. The van der Waals surface area contributed by atoms with E-state index in [9.17, 15) is 4.79 Å². The minimum Gasteiger partial charge on any atom is -0.454 e. The number of nitrogens with zero attached hydrogens (tertiary/aromatic N) is 3. The van der Waals surface area contributed by atoms with Crippen LogP contribution in [0.5, 0.6) is 11.5 Å². The number of benzene rings is 1. The number of rotatable bonds is 5. The molecular formula is C24H27N3O4. The minimum atomic E-state index is -0.841. The predicted molar refractivity (Wildman–Crippen MR) is 113 cm³/mol.